The van der Waals surface area contributed by atoms with Gasteiger partial charge in [-0.25, -0.2) is 0 Å². The Morgan fingerprint density at radius 3 is 2.50 bits per heavy atom. The molecule has 0 bridgehead atoms. The smallest absolute Gasteiger partial charge is 0.248 e. The van der Waals surface area contributed by atoms with Crippen molar-refractivity contribution in [3.8, 4) is 0 Å². The average Bonchev–Trinajstić information content (AvgIpc) is 2.25. The van der Waals surface area contributed by atoms with Crippen molar-refractivity contribution >= 4 is 29.9 Å². The van der Waals surface area contributed by atoms with Gasteiger partial charge < -0.3 is 16.4 Å². The summed E-state index contributed by atoms with van der Waals surface area (Å²) in [6.45, 7) is 5.53. The number of carbonyl (C=O) groups excluding carboxylic acids is 2. The van der Waals surface area contributed by atoms with Crippen molar-refractivity contribution in [2.24, 2.45) is 17.6 Å². The Kier molecular flexibility index (Phi) is 5.53. The lowest BCUT2D eigenvalue weighted by Crippen LogP contribution is -2.48. The van der Waals surface area contributed by atoms with Crippen LogP contribution in [0.3, 0.4) is 0 Å². The average molecular weight is 298 g/mol. The van der Waals surface area contributed by atoms with Gasteiger partial charge in [0, 0.05) is 17.2 Å². The molecule has 0 aromatic heterocycles. The first-order valence-electron chi connectivity index (χ1n) is 6.41. The second kappa shape index (κ2) is 6.72. The molecule has 1 aromatic carbocycles. The number of halogens is 1. The standard InChI is InChI=1S/C14H19N3O2.ClH/c1-8-5-11(3-4-12(8)13(15)18)17-14(19)9(2)10-6-16-7-10;/h3-5,9-10,16H,6-7H2,1-2H3,(H2,15,18)(H,17,19);1H. The predicted molar refractivity (Wildman–Crippen MR) is 81.1 cm³/mol. The van der Waals surface area contributed by atoms with Gasteiger partial charge in [-0.15, -0.1) is 12.4 Å². The number of nitrogens with two attached hydrogens (primary N) is 1. The molecule has 2 amide bonds. The third kappa shape index (κ3) is 3.49. The molecule has 2 rings (SSSR count). The lowest BCUT2D eigenvalue weighted by molar-refractivity contribution is -0.121. The molecule has 6 heteroatoms. The summed E-state index contributed by atoms with van der Waals surface area (Å²) in [6.07, 6.45) is 0. The SMILES string of the molecule is Cc1cc(NC(=O)C(C)C2CNC2)ccc1C(N)=O.Cl. The number of primary amides is 1. The van der Waals surface area contributed by atoms with Gasteiger partial charge in [0.2, 0.25) is 11.8 Å². The fourth-order valence-electron chi connectivity index (χ4n) is 2.15. The van der Waals surface area contributed by atoms with Crippen molar-refractivity contribution in [2.75, 3.05) is 18.4 Å². The molecule has 0 radical (unpaired) electrons. The zero-order chi connectivity index (χ0) is 14.0. The molecule has 1 saturated heterocycles. The molecule has 1 fully saturated rings. The Bertz CT molecular complexity index is 515. The highest BCUT2D eigenvalue weighted by Gasteiger charge is 2.28. The molecule has 1 aromatic rings. The zero-order valence-corrected chi connectivity index (χ0v) is 12.4. The Morgan fingerprint density at radius 1 is 1.40 bits per heavy atom. The van der Waals surface area contributed by atoms with Crippen LogP contribution in [0.15, 0.2) is 18.2 Å². The highest BCUT2D eigenvalue weighted by atomic mass is 35.5. The minimum atomic E-state index is -0.454. The number of anilines is 1. The van der Waals surface area contributed by atoms with Crippen LogP contribution in [0.4, 0.5) is 5.69 Å². The van der Waals surface area contributed by atoms with Crippen LogP contribution in [-0.4, -0.2) is 24.9 Å². The second-order valence-electron chi connectivity index (χ2n) is 5.09. The lowest BCUT2D eigenvalue weighted by Gasteiger charge is -2.31. The Morgan fingerprint density at radius 2 is 2.05 bits per heavy atom. The van der Waals surface area contributed by atoms with Crippen molar-refractivity contribution < 1.29 is 9.59 Å². The van der Waals surface area contributed by atoms with Crippen LogP contribution >= 0.6 is 12.4 Å². The third-order valence-corrected chi connectivity index (χ3v) is 3.69. The molecule has 1 heterocycles. The van der Waals surface area contributed by atoms with Crippen LogP contribution in [0.2, 0.25) is 0 Å². The van der Waals surface area contributed by atoms with Gasteiger partial charge in [0.15, 0.2) is 0 Å². The fourth-order valence-corrected chi connectivity index (χ4v) is 2.15. The predicted octanol–water partition coefficient (Wildman–Crippen LogP) is 1.31. The summed E-state index contributed by atoms with van der Waals surface area (Å²) in [6, 6.07) is 5.11. The second-order valence-corrected chi connectivity index (χ2v) is 5.09. The fraction of sp³-hybridized carbons (Fsp3) is 0.429. The van der Waals surface area contributed by atoms with E-state index in [1.54, 1.807) is 25.1 Å². The summed E-state index contributed by atoms with van der Waals surface area (Å²) < 4.78 is 0. The summed E-state index contributed by atoms with van der Waals surface area (Å²) >= 11 is 0. The van der Waals surface area contributed by atoms with Crippen LogP contribution in [0.5, 0.6) is 0 Å². The summed E-state index contributed by atoms with van der Waals surface area (Å²) in [5.41, 5.74) is 7.19. The molecule has 1 aliphatic rings. The van der Waals surface area contributed by atoms with E-state index < -0.39 is 5.91 Å². The summed E-state index contributed by atoms with van der Waals surface area (Å²) in [5, 5.41) is 6.04. The van der Waals surface area contributed by atoms with Crippen LogP contribution in [-0.2, 0) is 4.79 Å². The van der Waals surface area contributed by atoms with E-state index in [-0.39, 0.29) is 24.2 Å². The maximum absolute atomic E-state index is 12.0. The molecule has 0 aliphatic carbocycles. The number of nitrogens with one attached hydrogen (secondary N) is 2. The van der Waals surface area contributed by atoms with Crippen LogP contribution in [0.25, 0.3) is 0 Å². The number of amides is 2. The van der Waals surface area contributed by atoms with Crippen molar-refractivity contribution in [2.45, 2.75) is 13.8 Å². The molecule has 1 unspecified atom stereocenters. The first kappa shape index (κ1) is 16.5. The van der Waals surface area contributed by atoms with Gasteiger partial charge in [-0.3, -0.25) is 9.59 Å². The molecule has 110 valence electrons. The minimum Gasteiger partial charge on any atom is -0.366 e. The van der Waals surface area contributed by atoms with E-state index in [4.69, 9.17) is 5.73 Å². The van der Waals surface area contributed by atoms with Crippen LogP contribution in [0.1, 0.15) is 22.8 Å². The van der Waals surface area contributed by atoms with Gasteiger partial charge in [0.05, 0.1) is 0 Å². The Labute approximate surface area is 124 Å². The maximum Gasteiger partial charge on any atom is 0.248 e. The largest absolute Gasteiger partial charge is 0.366 e. The molecule has 1 atom stereocenters. The monoisotopic (exact) mass is 297 g/mol. The molecular formula is C14H20ClN3O2. The van der Waals surface area contributed by atoms with E-state index in [0.29, 0.717) is 17.2 Å². The number of carbonyl (C=O) groups is 2. The van der Waals surface area contributed by atoms with Gasteiger partial charge in [0.1, 0.15) is 0 Å². The van der Waals surface area contributed by atoms with E-state index in [9.17, 15) is 9.59 Å². The Hall–Kier alpha value is -1.59. The highest BCUT2D eigenvalue weighted by molar-refractivity contribution is 5.96. The topological polar surface area (TPSA) is 84.2 Å². The molecule has 0 spiro atoms. The van der Waals surface area contributed by atoms with Crippen molar-refractivity contribution in [3.05, 3.63) is 29.3 Å². The first-order valence-corrected chi connectivity index (χ1v) is 6.41. The van der Waals surface area contributed by atoms with E-state index in [1.165, 1.54) is 0 Å². The number of aryl methyl sites for hydroxylation is 1. The molecule has 0 saturated carbocycles. The number of hydrogen-bond acceptors (Lipinski definition) is 3. The first-order chi connectivity index (χ1) is 8.99. The zero-order valence-electron chi connectivity index (χ0n) is 11.6. The number of rotatable bonds is 4. The molecular weight excluding hydrogens is 278 g/mol. The van der Waals surface area contributed by atoms with Crippen LogP contribution < -0.4 is 16.4 Å². The maximum atomic E-state index is 12.0. The molecule has 20 heavy (non-hydrogen) atoms. The van der Waals surface area contributed by atoms with Gasteiger partial charge in [0.25, 0.3) is 0 Å². The molecule has 1 aliphatic heterocycles. The molecule has 5 nitrogen and oxygen atoms in total. The van der Waals surface area contributed by atoms with E-state index >= 15 is 0 Å². The van der Waals surface area contributed by atoms with Gasteiger partial charge in [-0.1, -0.05) is 6.92 Å². The number of hydrogen-bond donors (Lipinski definition) is 3. The summed E-state index contributed by atoms with van der Waals surface area (Å²) in [4.78, 5) is 23.2. The quantitative estimate of drug-likeness (QED) is 0.783. The van der Waals surface area contributed by atoms with Crippen LogP contribution in [0, 0.1) is 18.8 Å². The van der Waals surface area contributed by atoms with Crippen molar-refractivity contribution in [1.29, 1.82) is 0 Å². The Balaban J connectivity index is 0.00000200. The molecule has 4 N–H and O–H groups in total. The number of benzene rings is 1. The van der Waals surface area contributed by atoms with Gasteiger partial charge in [-0.2, -0.15) is 0 Å². The highest BCUT2D eigenvalue weighted by Crippen LogP contribution is 2.20. The van der Waals surface area contributed by atoms with E-state index in [2.05, 4.69) is 10.6 Å². The van der Waals surface area contributed by atoms with Gasteiger partial charge in [-0.05, 0) is 49.7 Å². The van der Waals surface area contributed by atoms with Gasteiger partial charge >= 0.3 is 0 Å². The summed E-state index contributed by atoms with van der Waals surface area (Å²) in [5.74, 6) is -0.0506. The van der Waals surface area contributed by atoms with E-state index in [0.717, 1.165) is 18.7 Å². The van der Waals surface area contributed by atoms with E-state index in [1.807, 2.05) is 6.92 Å². The summed E-state index contributed by atoms with van der Waals surface area (Å²) in [7, 11) is 0. The normalized spacial score (nSPS) is 15.7. The minimum absolute atomic E-state index is 0. The lowest BCUT2D eigenvalue weighted by atomic mass is 9.88. The third-order valence-electron chi connectivity index (χ3n) is 3.69. The van der Waals surface area contributed by atoms with Crippen molar-refractivity contribution in [1.82, 2.24) is 5.32 Å². The van der Waals surface area contributed by atoms with Crippen molar-refractivity contribution in [3.63, 3.8) is 0 Å².